The molecule has 1 heterocycles. The summed E-state index contributed by atoms with van der Waals surface area (Å²) in [7, 11) is -3.71. The third-order valence-electron chi connectivity index (χ3n) is 3.39. The van der Waals surface area contributed by atoms with E-state index in [4.69, 9.17) is 4.42 Å². The normalized spacial score (nSPS) is 11.7. The van der Waals surface area contributed by atoms with Gasteiger partial charge in [0.05, 0.1) is 18.6 Å². The summed E-state index contributed by atoms with van der Waals surface area (Å²) in [5.74, 6) is 0.362. The molecule has 0 aliphatic heterocycles. The van der Waals surface area contributed by atoms with E-state index < -0.39 is 15.7 Å². The van der Waals surface area contributed by atoms with Gasteiger partial charge in [-0.2, -0.15) is 0 Å². The van der Waals surface area contributed by atoms with Gasteiger partial charge in [-0.05, 0) is 31.2 Å². The van der Waals surface area contributed by atoms with E-state index in [9.17, 15) is 12.8 Å². The summed E-state index contributed by atoms with van der Waals surface area (Å²) in [4.78, 5) is 3.94. The van der Waals surface area contributed by atoms with Gasteiger partial charge in [0.2, 0.25) is 0 Å². The summed E-state index contributed by atoms with van der Waals surface area (Å²) in [6.07, 6.45) is 2.30. The van der Waals surface area contributed by atoms with Gasteiger partial charge >= 0.3 is 0 Å². The molecule has 6 nitrogen and oxygen atoms in total. The molecule has 0 fully saturated rings. The second kappa shape index (κ2) is 11.2. The number of guanidine groups is 1. The van der Waals surface area contributed by atoms with Crippen LogP contribution in [0, 0.1) is 5.82 Å². The smallest absolute Gasteiger partial charge is 0.191 e. The Morgan fingerprint density at radius 1 is 1.19 bits per heavy atom. The van der Waals surface area contributed by atoms with Crippen LogP contribution in [-0.2, 0) is 16.3 Å². The van der Waals surface area contributed by atoms with Crippen molar-refractivity contribution in [2.45, 2.75) is 18.2 Å². The average molecular weight is 495 g/mol. The standard InChI is InChI=1S/C17H22FN3O3S.HI/c1-2-19-17(20-10-9-14-6-5-12-24-14)21-11-13-25(22,23)16-8-4-3-7-15(16)18;/h3-8,12H,2,9-11,13H2,1H3,(H2,19,20,21);1H. The number of rotatable bonds is 8. The number of benzene rings is 1. The van der Waals surface area contributed by atoms with Gasteiger partial charge in [-0.1, -0.05) is 12.1 Å². The quantitative estimate of drug-likeness (QED) is 0.334. The van der Waals surface area contributed by atoms with Crippen molar-refractivity contribution < 1.29 is 17.2 Å². The third kappa shape index (κ3) is 6.94. The van der Waals surface area contributed by atoms with E-state index in [1.54, 1.807) is 6.26 Å². The summed E-state index contributed by atoms with van der Waals surface area (Å²) in [6.45, 7) is 3.19. The highest BCUT2D eigenvalue weighted by molar-refractivity contribution is 14.0. The SMILES string of the molecule is CCNC(=NCCS(=O)(=O)c1ccccc1F)NCCc1ccco1.I. The molecular formula is C17H23FIN3O3S. The number of halogens is 2. The molecule has 26 heavy (non-hydrogen) atoms. The number of sulfone groups is 1. The van der Waals surface area contributed by atoms with Crippen molar-refractivity contribution >= 4 is 39.8 Å². The summed E-state index contributed by atoms with van der Waals surface area (Å²) in [5, 5.41) is 6.15. The molecule has 2 N–H and O–H groups in total. The lowest BCUT2D eigenvalue weighted by Gasteiger charge is -2.11. The topological polar surface area (TPSA) is 83.7 Å². The molecule has 0 bridgehead atoms. The zero-order valence-electron chi connectivity index (χ0n) is 14.4. The minimum Gasteiger partial charge on any atom is -0.469 e. The third-order valence-corrected chi connectivity index (χ3v) is 5.11. The Bertz CT molecular complexity index is 795. The predicted molar refractivity (Wildman–Crippen MR) is 110 cm³/mol. The van der Waals surface area contributed by atoms with Crippen molar-refractivity contribution in [2.24, 2.45) is 4.99 Å². The van der Waals surface area contributed by atoms with E-state index in [1.165, 1.54) is 18.2 Å². The number of nitrogens with one attached hydrogen (secondary N) is 2. The van der Waals surface area contributed by atoms with Crippen LogP contribution < -0.4 is 10.6 Å². The number of aliphatic imine (C=N–C) groups is 1. The highest BCUT2D eigenvalue weighted by Gasteiger charge is 2.18. The molecule has 0 radical (unpaired) electrons. The second-order valence-electron chi connectivity index (χ2n) is 5.27. The molecule has 9 heteroatoms. The van der Waals surface area contributed by atoms with Crippen LogP contribution in [0.5, 0.6) is 0 Å². The average Bonchev–Trinajstić information content (AvgIpc) is 3.08. The molecule has 0 amide bonds. The molecule has 0 saturated heterocycles. The fourth-order valence-corrected chi connectivity index (χ4v) is 3.39. The molecule has 0 aliphatic rings. The van der Waals surface area contributed by atoms with Crippen LogP contribution in [0.1, 0.15) is 12.7 Å². The minimum atomic E-state index is -3.71. The van der Waals surface area contributed by atoms with Crippen LogP contribution in [0.25, 0.3) is 0 Å². The molecule has 1 aromatic carbocycles. The summed E-state index contributed by atoms with van der Waals surface area (Å²) in [5.41, 5.74) is 0. The highest BCUT2D eigenvalue weighted by atomic mass is 127. The van der Waals surface area contributed by atoms with Gasteiger partial charge in [0, 0.05) is 19.5 Å². The summed E-state index contributed by atoms with van der Waals surface area (Å²) >= 11 is 0. The van der Waals surface area contributed by atoms with Crippen molar-refractivity contribution in [1.29, 1.82) is 0 Å². The van der Waals surface area contributed by atoms with Gasteiger partial charge in [-0.25, -0.2) is 12.8 Å². The Hall–Kier alpha value is -1.62. The lowest BCUT2D eigenvalue weighted by Crippen LogP contribution is -2.38. The van der Waals surface area contributed by atoms with Crippen molar-refractivity contribution in [2.75, 3.05) is 25.4 Å². The number of hydrogen-bond acceptors (Lipinski definition) is 4. The van der Waals surface area contributed by atoms with E-state index in [1.807, 2.05) is 19.1 Å². The van der Waals surface area contributed by atoms with Gasteiger partial charge in [-0.3, -0.25) is 4.99 Å². The van der Waals surface area contributed by atoms with E-state index in [2.05, 4.69) is 15.6 Å². The van der Waals surface area contributed by atoms with Crippen LogP contribution in [0.15, 0.2) is 57.0 Å². The zero-order chi connectivity index (χ0) is 18.1. The summed E-state index contributed by atoms with van der Waals surface area (Å²) in [6, 6.07) is 9.06. The maximum atomic E-state index is 13.6. The van der Waals surface area contributed by atoms with Gasteiger partial charge < -0.3 is 15.1 Å². The maximum Gasteiger partial charge on any atom is 0.191 e. The van der Waals surface area contributed by atoms with Gasteiger partial charge in [0.25, 0.3) is 0 Å². The summed E-state index contributed by atoms with van der Waals surface area (Å²) < 4.78 is 43.3. The number of nitrogens with zero attached hydrogens (tertiary/aromatic N) is 1. The molecule has 0 spiro atoms. The Balaban J connectivity index is 0.00000338. The Labute approximate surface area is 170 Å². The van der Waals surface area contributed by atoms with Gasteiger partial charge in [0.15, 0.2) is 15.8 Å². The molecule has 2 rings (SSSR count). The van der Waals surface area contributed by atoms with Crippen LogP contribution in [-0.4, -0.2) is 39.8 Å². The Morgan fingerprint density at radius 2 is 1.96 bits per heavy atom. The molecule has 0 atom stereocenters. The van der Waals surface area contributed by atoms with E-state index in [0.717, 1.165) is 11.8 Å². The maximum absolute atomic E-state index is 13.6. The first-order valence-electron chi connectivity index (χ1n) is 8.05. The van der Waals surface area contributed by atoms with Crippen LogP contribution >= 0.6 is 24.0 Å². The molecule has 144 valence electrons. The van der Waals surface area contributed by atoms with Crippen LogP contribution in [0.4, 0.5) is 4.39 Å². The Kier molecular flexibility index (Phi) is 9.63. The van der Waals surface area contributed by atoms with Crippen molar-refractivity contribution in [3.05, 3.63) is 54.2 Å². The minimum absolute atomic E-state index is 0. The molecule has 1 aromatic heterocycles. The van der Waals surface area contributed by atoms with Crippen molar-refractivity contribution in [3.63, 3.8) is 0 Å². The van der Waals surface area contributed by atoms with E-state index in [-0.39, 0.29) is 41.2 Å². The fourth-order valence-electron chi connectivity index (χ4n) is 2.19. The number of hydrogen-bond donors (Lipinski definition) is 2. The first-order chi connectivity index (χ1) is 12.0. The van der Waals surface area contributed by atoms with Crippen molar-refractivity contribution in [3.8, 4) is 0 Å². The first kappa shape index (κ1) is 22.4. The van der Waals surface area contributed by atoms with E-state index >= 15 is 0 Å². The molecule has 0 saturated carbocycles. The number of furan rings is 1. The Morgan fingerprint density at radius 3 is 2.62 bits per heavy atom. The molecule has 2 aromatic rings. The van der Waals surface area contributed by atoms with Gasteiger partial charge in [0.1, 0.15) is 16.5 Å². The second-order valence-corrected chi connectivity index (χ2v) is 7.34. The molecule has 0 unspecified atom stereocenters. The zero-order valence-corrected chi connectivity index (χ0v) is 17.6. The molecule has 0 aliphatic carbocycles. The van der Waals surface area contributed by atoms with Crippen LogP contribution in [0.2, 0.25) is 0 Å². The van der Waals surface area contributed by atoms with E-state index in [0.29, 0.717) is 25.5 Å². The first-order valence-corrected chi connectivity index (χ1v) is 9.70. The molecular weight excluding hydrogens is 472 g/mol. The predicted octanol–water partition coefficient (Wildman–Crippen LogP) is 2.61. The lowest BCUT2D eigenvalue weighted by atomic mass is 10.3. The lowest BCUT2D eigenvalue weighted by molar-refractivity contribution is 0.507. The van der Waals surface area contributed by atoms with Gasteiger partial charge in [-0.15, -0.1) is 24.0 Å². The van der Waals surface area contributed by atoms with Crippen LogP contribution in [0.3, 0.4) is 0 Å². The fraction of sp³-hybridized carbons (Fsp3) is 0.353. The van der Waals surface area contributed by atoms with Crippen molar-refractivity contribution in [1.82, 2.24) is 10.6 Å². The highest BCUT2D eigenvalue weighted by Crippen LogP contribution is 2.15. The largest absolute Gasteiger partial charge is 0.469 e. The monoisotopic (exact) mass is 495 g/mol.